The number of H-pyrrole nitrogens is 1. The molecule has 2 rings (SSSR count). The molecule has 2 unspecified atom stereocenters. The highest BCUT2D eigenvalue weighted by Crippen LogP contribution is 2.18. The zero-order valence-corrected chi connectivity index (χ0v) is 9.16. The molecule has 15 heavy (non-hydrogen) atoms. The minimum Gasteiger partial charge on any atom is -0.393 e. The third-order valence-corrected chi connectivity index (χ3v) is 3.16. The molecule has 0 saturated heterocycles. The lowest BCUT2D eigenvalue weighted by atomic mass is 9.93. The number of aromatic nitrogens is 2. The molecule has 0 amide bonds. The Bertz CT molecular complexity index is 311. The first-order chi connectivity index (χ1) is 7.25. The van der Waals surface area contributed by atoms with Gasteiger partial charge >= 0.3 is 0 Å². The molecule has 1 aliphatic carbocycles. The van der Waals surface area contributed by atoms with Gasteiger partial charge in [-0.15, -0.1) is 0 Å². The molecule has 1 heterocycles. The lowest BCUT2D eigenvalue weighted by molar-refractivity contribution is 0.111. The van der Waals surface area contributed by atoms with Crippen molar-refractivity contribution in [1.29, 1.82) is 0 Å². The fourth-order valence-electron chi connectivity index (χ4n) is 2.16. The van der Waals surface area contributed by atoms with E-state index >= 15 is 0 Å². The van der Waals surface area contributed by atoms with E-state index < -0.39 is 0 Å². The van der Waals surface area contributed by atoms with Crippen molar-refractivity contribution in [3.63, 3.8) is 0 Å². The average molecular weight is 209 g/mol. The molecular formula is C11H19N3O. The van der Waals surface area contributed by atoms with Gasteiger partial charge < -0.3 is 10.4 Å². The molecular weight excluding hydrogens is 190 g/mol. The van der Waals surface area contributed by atoms with Gasteiger partial charge in [-0.2, -0.15) is 5.10 Å². The summed E-state index contributed by atoms with van der Waals surface area (Å²) in [4.78, 5) is 0. The SMILES string of the molecule is Cc1[nH]ncc1CNC1CCCC(O)C1. The van der Waals surface area contributed by atoms with Gasteiger partial charge in [0.1, 0.15) is 0 Å². The minimum absolute atomic E-state index is 0.110. The van der Waals surface area contributed by atoms with Gasteiger partial charge in [0.05, 0.1) is 12.3 Å². The van der Waals surface area contributed by atoms with Crippen molar-refractivity contribution in [3.05, 3.63) is 17.5 Å². The second-order valence-corrected chi connectivity index (χ2v) is 4.42. The highest BCUT2D eigenvalue weighted by Gasteiger charge is 2.19. The standard InChI is InChI=1S/C11H19N3O/c1-8-9(7-13-14-8)6-12-10-3-2-4-11(15)5-10/h7,10-12,15H,2-6H2,1H3,(H,13,14). The van der Waals surface area contributed by atoms with Crippen LogP contribution in [0.25, 0.3) is 0 Å². The van der Waals surface area contributed by atoms with Crippen LogP contribution in [0.4, 0.5) is 0 Å². The first kappa shape index (κ1) is 10.6. The third-order valence-electron chi connectivity index (χ3n) is 3.16. The summed E-state index contributed by atoms with van der Waals surface area (Å²) < 4.78 is 0. The van der Waals surface area contributed by atoms with Crippen molar-refractivity contribution >= 4 is 0 Å². The Morgan fingerprint density at radius 3 is 3.13 bits per heavy atom. The van der Waals surface area contributed by atoms with E-state index in [1.807, 2.05) is 13.1 Å². The zero-order chi connectivity index (χ0) is 10.7. The quantitative estimate of drug-likeness (QED) is 0.699. The molecule has 4 heteroatoms. The molecule has 1 aromatic rings. The number of hydrogen-bond donors (Lipinski definition) is 3. The van der Waals surface area contributed by atoms with E-state index in [0.717, 1.165) is 31.5 Å². The Balaban J connectivity index is 1.80. The van der Waals surface area contributed by atoms with Crippen molar-refractivity contribution in [2.75, 3.05) is 0 Å². The topological polar surface area (TPSA) is 60.9 Å². The number of aromatic amines is 1. The molecule has 2 atom stereocenters. The number of nitrogens with one attached hydrogen (secondary N) is 2. The van der Waals surface area contributed by atoms with E-state index in [0.29, 0.717) is 6.04 Å². The predicted octanol–water partition coefficient (Wildman–Crippen LogP) is 1.11. The number of rotatable bonds is 3. The van der Waals surface area contributed by atoms with Crippen LogP contribution >= 0.6 is 0 Å². The number of hydrogen-bond acceptors (Lipinski definition) is 3. The molecule has 84 valence electrons. The third kappa shape index (κ3) is 2.79. The van der Waals surface area contributed by atoms with Crippen LogP contribution in [0.2, 0.25) is 0 Å². The van der Waals surface area contributed by atoms with Crippen molar-refractivity contribution < 1.29 is 5.11 Å². The van der Waals surface area contributed by atoms with Gasteiger partial charge in [-0.25, -0.2) is 0 Å². The Morgan fingerprint density at radius 1 is 1.60 bits per heavy atom. The summed E-state index contributed by atoms with van der Waals surface area (Å²) in [5, 5.41) is 19.9. The highest BCUT2D eigenvalue weighted by molar-refractivity contribution is 5.13. The molecule has 0 aliphatic heterocycles. The number of aliphatic hydroxyl groups is 1. The molecule has 3 N–H and O–H groups in total. The van der Waals surface area contributed by atoms with Gasteiger partial charge in [0.25, 0.3) is 0 Å². The van der Waals surface area contributed by atoms with Gasteiger partial charge in [-0.05, 0) is 32.6 Å². The lowest BCUT2D eigenvalue weighted by Gasteiger charge is -2.26. The van der Waals surface area contributed by atoms with Gasteiger partial charge in [-0.1, -0.05) is 0 Å². The van der Waals surface area contributed by atoms with E-state index in [-0.39, 0.29) is 6.10 Å². The minimum atomic E-state index is -0.110. The smallest absolute Gasteiger partial charge is 0.0555 e. The summed E-state index contributed by atoms with van der Waals surface area (Å²) in [5.41, 5.74) is 2.34. The molecule has 4 nitrogen and oxygen atoms in total. The van der Waals surface area contributed by atoms with Gasteiger partial charge in [0.2, 0.25) is 0 Å². The fraction of sp³-hybridized carbons (Fsp3) is 0.727. The molecule has 0 bridgehead atoms. The van der Waals surface area contributed by atoms with Crippen LogP contribution in [0, 0.1) is 6.92 Å². The van der Waals surface area contributed by atoms with Gasteiger partial charge in [0.15, 0.2) is 0 Å². The Kier molecular flexibility index (Phi) is 3.38. The van der Waals surface area contributed by atoms with Crippen molar-refractivity contribution in [1.82, 2.24) is 15.5 Å². The van der Waals surface area contributed by atoms with Crippen LogP contribution in [-0.2, 0) is 6.54 Å². The number of aryl methyl sites for hydroxylation is 1. The normalized spacial score (nSPS) is 26.8. The zero-order valence-electron chi connectivity index (χ0n) is 9.16. The fourth-order valence-corrected chi connectivity index (χ4v) is 2.16. The maximum atomic E-state index is 9.53. The van der Waals surface area contributed by atoms with Crippen LogP contribution in [-0.4, -0.2) is 27.4 Å². The Morgan fingerprint density at radius 2 is 2.47 bits per heavy atom. The molecule has 1 saturated carbocycles. The lowest BCUT2D eigenvalue weighted by Crippen LogP contribution is -2.35. The molecule has 1 fully saturated rings. The van der Waals surface area contributed by atoms with Crippen molar-refractivity contribution in [2.45, 2.75) is 51.3 Å². The summed E-state index contributed by atoms with van der Waals surface area (Å²) in [5.74, 6) is 0. The summed E-state index contributed by atoms with van der Waals surface area (Å²) in [6, 6.07) is 0.461. The Labute approximate surface area is 90.1 Å². The predicted molar refractivity (Wildman–Crippen MR) is 58.4 cm³/mol. The second kappa shape index (κ2) is 4.77. The van der Waals surface area contributed by atoms with Crippen molar-refractivity contribution in [3.8, 4) is 0 Å². The van der Waals surface area contributed by atoms with E-state index in [4.69, 9.17) is 0 Å². The monoisotopic (exact) mass is 209 g/mol. The number of aliphatic hydroxyl groups excluding tert-OH is 1. The Hall–Kier alpha value is -0.870. The van der Waals surface area contributed by atoms with E-state index in [2.05, 4.69) is 15.5 Å². The summed E-state index contributed by atoms with van der Waals surface area (Å²) >= 11 is 0. The highest BCUT2D eigenvalue weighted by atomic mass is 16.3. The summed E-state index contributed by atoms with van der Waals surface area (Å²) in [6.45, 7) is 2.87. The van der Waals surface area contributed by atoms with Gasteiger partial charge in [-0.3, -0.25) is 5.10 Å². The first-order valence-corrected chi connectivity index (χ1v) is 5.66. The van der Waals surface area contributed by atoms with Crippen molar-refractivity contribution in [2.24, 2.45) is 0 Å². The van der Waals surface area contributed by atoms with Crippen LogP contribution < -0.4 is 5.32 Å². The van der Waals surface area contributed by atoms with Crippen LogP contribution in [0.3, 0.4) is 0 Å². The molecule has 1 aliphatic rings. The number of nitrogens with zero attached hydrogens (tertiary/aromatic N) is 1. The van der Waals surface area contributed by atoms with E-state index in [1.54, 1.807) is 0 Å². The maximum Gasteiger partial charge on any atom is 0.0555 e. The maximum absolute atomic E-state index is 9.53. The van der Waals surface area contributed by atoms with Crippen LogP contribution in [0.15, 0.2) is 6.20 Å². The average Bonchev–Trinajstić information content (AvgIpc) is 2.61. The summed E-state index contributed by atoms with van der Waals surface area (Å²) in [7, 11) is 0. The largest absolute Gasteiger partial charge is 0.393 e. The van der Waals surface area contributed by atoms with Crippen LogP contribution in [0.5, 0.6) is 0 Å². The first-order valence-electron chi connectivity index (χ1n) is 5.66. The van der Waals surface area contributed by atoms with Gasteiger partial charge in [0, 0.05) is 23.8 Å². The molecule has 1 aromatic heterocycles. The van der Waals surface area contributed by atoms with E-state index in [1.165, 1.54) is 12.0 Å². The second-order valence-electron chi connectivity index (χ2n) is 4.42. The molecule has 0 radical (unpaired) electrons. The van der Waals surface area contributed by atoms with Crippen LogP contribution in [0.1, 0.15) is 36.9 Å². The molecule has 0 aromatic carbocycles. The van der Waals surface area contributed by atoms with E-state index in [9.17, 15) is 5.11 Å². The summed E-state index contributed by atoms with van der Waals surface area (Å²) in [6.07, 6.45) is 5.90. The molecule has 0 spiro atoms.